The van der Waals surface area contributed by atoms with Crippen molar-refractivity contribution in [3.8, 4) is 29.1 Å². The summed E-state index contributed by atoms with van der Waals surface area (Å²) in [5, 5.41) is 3.99. The fourth-order valence-electron chi connectivity index (χ4n) is 13.1. The summed E-state index contributed by atoms with van der Waals surface area (Å²) < 4.78 is 169. The number of nitrogens with two attached hydrogens (primary N) is 1. The molecule has 3 aromatic heterocycles. The van der Waals surface area contributed by atoms with Crippen molar-refractivity contribution in [1.82, 2.24) is 39.5 Å². The highest BCUT2D eigenvalue weighted by Gasteiger charge is 2.64. The van der Waals surface area contributed by atoms with Crippen molar-refractivity contribution in [1.29, 1.82) is 0 Å². The molecular weight excluding hydrogens is 1530 g/mol. The van der Waals surface area contributed by atoms with E-state index in [0.717, 1.165) is 30.0 Å². The van der Waals surface area contributed by atoms with Crippen LogP contribution in [0.2, 0.25) is 0 Å². The maximum atomic E-state index is 14.4. The third-order valence-electron chi connectivity index (χ3n) is 20.8. The van der Waals surface area contributed by atoms with Gasteiger partial charge in [-0.25, -0.2) is 41.4 Å². The smallest absolute Gasteiger partial charge is 0.497 e. The van der Waals surface area contributed by atoms with E-state index in [0.29, 0.717) is 68.7 Å². The van der Waals surface area contributed by atoms with Crippen LogP contribution < -0.4 is 44.2 Å². The molecule has 36 heteroatoms. The van der Waals surface area contributed by atoms with Gasteiger partial charge in [-0.1, -0.05) is 59.8 Å². The van der Waals surface area contributed by atoms with E-state index in [1.165, 1.54) is 47.5 Å². The van der Waals surface area contributed by atoms with Crippen LogP contribution in [0.4, 0.5) is 35.9 Å². The Morgan fingerprint density at radius 1 is 0.584 bits per heavy atom. The molecule has 5 heterocycles. The van der Waals surface area contributed by atoms with E-state index in [1.54, 1.807) is 76.6 Å². The molecule has 5 N–H and O–H groups in total. The number of amides is 5. The molecule has 0 bridgehead atoms. The predicted octanol–water partition coefficient (Wildman–Crippen LogP) is 10.5. The lowest BCUT2D eigenvalue weighted by Gasteiger charge is -2.36. The van der Waals surface area contributed by atoms with E-state index in [4.69, 9.17) is 29.4 Å². The number of carbonyl (C=O) groups is 8. The summed E-state index contributed by atoms with van der Waals surface area (Å²) in [6.07, 6.45) is -4.64. The van der Waals surface area contributed by atoms with Crippen LogP contribution in [0.25, 0.3) is 21.5 Å². The number of ether oxygens (including phenoxy) is 7. The number of nitrogens with one attached hydrogen (secondary N) is 3. The van der Waals surface area contributed by atoms with E-state index >= 15 is 0 Å². The zero-order valence-corrected chi connectivity index (χ0v) is 66.2. The largest absolute Gasteiger partial charge is 0.516 e. The first kappa shape index (κ1) is 87.3. The number of alkyl halides is 6. The van der Waals surface area contributed by atoms with E-state index < -0.39 is 166 Å². The molecule has 6 fully saturated rings. The number of hydrogen-bond donors (Lipinski definition) is 4. The SMILES string of the molecule is C=C[C@@H]1C[C@]1(CC(=O)[C@@H]1C[C@@H](Oc2nccc3cc(OC)ccc23)CN1C(=O)[C@@H](N)C(C)(C)C)C(=O)NS(=O)(=O)C1CC1.C=C[C@@H]1C[C@]1(CC(=O)[C@@H]1C[C@@H](Oc2nccc3cc(OC)ccc23)CN1C(=O)[C@@H](NC(=O)OC(C)(C)C(F)(F)F)C(C)(C)C)C(=O)NS(=O)(=O)C1CC1.CC(C)(OC(=O)Oc1ccccn1)C(F)(F)F. The molecule has 113 heavy (non-hydrogen) atoms. The lowest BCUT2D eigenvalue weighted by Crippen LogP contribution is -2.58. The Morgan fingerprint density at radius 3 is 1.37 bits per heavy atom. The van der Waals surface area contributed by atoms with Crippen LogP contribution in [0, 0.1) is 33.5 Å². The molecule has 2 aromatic carbocycles. The maximum absolute atomic E-state index is 14.4. The van der Waals surface area contributed by atoms with Crippen LogP contribution >= 0.6 is 0 Å². The summed E-state index contributed by atoms with van der Waals surface area (Å²) in [5.74, 6) is -2.77. The quantitative estimate of drug-likeness (QED) is 0.0227. The minimum atomic E-state index is -4.91. The third kappa shape index (κ3) is 20.5. The van der Waals surface area contributed by atoms with Gasteiger partial charge in [-0.15, -0.1) is 13.2 Å². The van der Waals surface area contributed by atoms with Gasteiger partial charge in [0.25, 0.3) is 0 Å². The number of carbonyl (C=O) groups excluding carboxylic acids is 8. The maximum Gasteiger partial charge on any atom is 0.516 e. The van der Waals surface area contributed by atoms with Gasteiger partial charge >= 0.3 is 24.6 Å². The average Bonchev–Trinajstić information content (AvgIpc) is 1.58. The number of sulfonamides is 2. The number of alkyl carbamates (subject to hydrolysis) is 1. The first-order valence-electron chi connectivity index (χ1n) is 36.4. The van der Waals surface area contributed by atoms with E-state index in [2.05, 4.69) is 52.3 Å². The number of hydrogen-bond acceptors (Lipinski definition) is 23. The van der Waals surface area contributed by atoms with Gasteiger partial charge in [0.1, 0.15) is 29.7 Å². The van der Waals surface area contributed by atoms with E-state index in [-0.39, 0.29) is 62.2 Å². The molecule has 4 saturated carbocycles. The predicted molar refractivity (Wildman–Crippen MR) is 398 cm³/mol. The van der Waals surface area contributed by atoms with Crippen molar-refractivity contribution < 1.29 is 115 Å². The Kier molecular flexibility index (Phi) is 25.5. The van der Waals surface area contributed by atoms with Gasteiger partial charge in [0.15, 0.2) is 11.6 Å². The monoisotopic (exact) mass is 1630 g/mol. The van der Waals surface area contributed by atoms with Gasteiger partial charge in [0.05, 0.1) is 66.8 Å². The third-order valence-corrected chi connectivity index (χ3v) is 24.5. The lowest BCUT2D eigenvalue weighted by molar-refractivity contribution is -0.247. The first-order valence-corrected chi connectivity index (χ1v) is 39.5. The van der Waals surface area contributed by atoms with Crippen molar-refractivity contribution >= 4 is 89.0 Å². The molecule has 2 saturated heterocycles. The topological polar surface area (TPSA) is 377 Å². The minimum absolute atomic E-state index is 0.0714. The van der Waals surface area contributed by atoms with Crippen LogP contribution in [-0.2, 0) is 58.3 Å². The number of benzene rings is 2. The summed E-state index contributed by atoms with van der Waals surface area (Å²) in [5.41, 5.74) is -3.43. The highest BCUT2D eigenvalue weighted by Crippen LogP contribution is 2.58. The number of halogens is 6. The molecular formula is C77H95F6N9O19S2. The molecule has 4 aliphatic carbocycles. The number of allylic oxidation sites excluding steroid dienone is 2. The van der Waals surface area contributed by atoms with Gasteiger partial charge in [-0.2, -0.15) is 26.3 Å². The molecule has 0 radical (unpaired) electrons. The number of aromatic nitrogens is 3. The molecule has 5 amide bonds. The van der Waals surface area contributed by atoms with Crippen LogP contribution in [-0.4, -0.2) is 187 Å². The molecule has 616 valence electrons. The van der Waals surface area contributed by atoms with Crippen molar-refractivity contribution in [3.63, 3.8) is 0 Å². The number of fused-ring (bicyclic) bond motifs is 2. The fourth-order valence-corrected chi connectivity index (χ4v) is 15.8. The molecule has 11 rings (SSSR count). The van der Waals surface area contributed by atoms with Crippen LogP contribution in [0.3, 0.4) is 0 Å². The second-order valence-electron chi connectivity index (χ2n) is 32.2. The Bertz CT molecular complexity index is 4700. The summed E-state index contributed by atoms with van der Waals surface area (Å²) in [4.78, 5) is 122. The number of methoxy groups -OCH3 is 2. The molecule has 5 aromatic rings. The number of likely N-dealkylation sites (tertiary alicyclic amines) is 2. The molecule has 0 unspecified atom stereocenters. The number of Topliss-reactive ketones (excluding diaryl/α,β-unsaturated/α-hetero) is 2. The summed E-state index contributed by atoms with van der Waals surface area (Å²) >= 11 is 0. The lowest BCUT2D eigenvalue weighted by atomic mass is 9.85. The number of ketones is 2. The van der Waals surface area contributed by atoms with Crippen LogP contribution in [0.15, 0.2) is 111 Å². The second kappa shape index (κ2) is 33.0. The Hall–Kier alpha value is -9.71. The minimum Gasteiger partial charge on any atom is -0.497 e. The summed E-state index contributed by atoms with van der Waals surface area (Å²) in [6, 6.07) is 14.2. The average molecular weight is 1630 g/mol. The second-order valence-corrected chi connectivity index (χ2v) is 36.1. The molecule has 10 atom stereocenters. The number of nitrogens with zero attached hydrogens (tertiary/aromatic N) is 5. The van der Waals surface area contributed by atoms with Crippen LogP contribution in [0.5, 0.6) is 29.1 Å². The van der Waals surface area contributed by atoms with Crippen molar-refractivity contribution in [2.75, 3.05) is 27.3 Å². The van der Waals surface area contributed by atoms with Crippen molar-refractivity contribution in [2.45, 2.75) is 204 Å². The van der Waals surface area contributed by atoms with Gasteiger partial charge in [-0.05, 0) is 154 Å². The van der Waals surface area contributed by atoms with Crippen LogP contribution in [0.1, 0.15) is 133 Å². The highest BCUT2D eigenvalue weighted by molar-refractivity contribution is 7.91. The summed E-state index contributed by atoms with van der Waals surface area (Å²) in [7, 11) is -4.62. The Balaban J connectivity index is 0.000000218. The zero-order chi connectivity index (χ0) is 83.7. The number of pyridine rings is 3. The summed E-state index contributed by atoms with van der Waals surface area (Å²) in [6.45, 7) is 20.5. The van der Waals surface area contributed by atoms with Gasteiger partial charge < -0.3 is 54.0 Å². The fraction of sp³-hybridized carbons (Fsp3) is 0.545. The molecule has 28 nitrogen and oxygen atoms in total. The molecule has 0 spiro atoms. The Labute approximate surface area is 650 Å². The van der Waals surface area contributed by atoms with E-state index in [9.17, 15) is 81.5 Å². The number of rotatable bonds is 26. The first-order chi connectivity index (χ1) is 52.4. The van der Waals surface area contributed by atoms with Crippen molar-refractivity contribution in [3.05, 3.63) is 111 Å². The Morgan fingerprint density at radius 2 is 1.01 bits per heavy atom. The van der Waals surface area contributed by atoms with Crippen molar-refractivity contribution in [2.24, 2.45) is 39.2 Å². The zero-order valence-electron chi connectivity index (χ0n) is 64.6. The molecule has 2 aliphatic heterocycles. The van der Waals surface area contributed by atoms with Gasteiger partial charge in [0.2, 0.25) is 72.5 Å². The van der Waals surface area contributed by atoms with Gasteiger partial charge in [0, 0.05) is 61.1 Å². The van der Waals surface area contributed by atoms with E-state index in [1.807, 2.05) is 39.0 Å². The highest BCUT2D eigenvalue weighted by atomic mass is 32.2. The van der Waals surface area contributed by atoms with Gasteiger partial charge in [-0.3, -0.25) is 38.2 Å². The molecule has 6 aliphatic rings. The normalized spacial score (nSPS) is 22.9. The standard InChI is InChI=1S/C36H45F3N4O9S.C31H40N4O7S.C10H10F3NO3/c1-8-21-17-35(21,31(46)42-53(48,49)24-10-11-24)18-27(44)26-16-23(51-29-25-12-9-22(50-7)15-20(25)13-14-40-29)19-43(26)30(45)28(33(2,3)4)41-32(47)52-34(5,6)36(37,38)39;1-6-19-15-31(19,29(38)34-43(39,40)22-8-9-22)16-25(36)24-14-21(17-35(24)28(37)26(32)30(2,3)4)42-27-23-10-7-20(41-5)13-18(23)11-12-33-27;1-9(2,10(11,12)13)17-8(15)16-7-5-3-4-6-14-7/h8-9,12-15,21,23-24,26,28H,1,10-11,16-19H2,2-7H3,(H,41,47)(H,42,46);6-7,10-13,19,21-22,24,26H,1,8-9,14-17,32H2,2-5H3,(H,34,38);3-6H,1-2H3/t21-,23-,26+,28-,35-;19-,21-,24+,26-,31-;/m11./s1.